The highest BCUT2D eigenvalue weighted by Crippen LogP contribution is 2.26. The van der Waals surface area contributed by atoms with Gasteiger partial charge in [-0.15, -0.1) is 0 Å². The number of rotatable bonds is 4. The fourth-order valence-corrected chi connectivity index (χ4v) is 1.57. The number of halogens is 1. The van der Waals surface area contributed by atoms with Crippen molar-refractivity contribution >= 4 is 24.0 Å². The molecule has 0 aromatic heterocycles. The molecule has 0 unspecified atom stereocenters. The summed E-state index contributed by atoms with van der Waals surface area (Å²) in [5.74, 6) is 0.842. The fourth-order valence-electron chi connectivity index (χ4n) is 1.30. The van der Waals surface area contributed by atoms with E-state index < -0.39 is 0 Å². The van der Waals surface area contributed by atoms with Gasteiger partial charge in [-0.3, -0.25) is 4.79 Å². The van der Waals surface area contributed by atoms with Crippen LogP contribution >= 0.6 is 11.6 Å². The molecular formula is C13H15ClO2. The summed E-state index contributed by atoms with van der Waals surface area (Å²) in [6.07, 6.45) is 2.71. The van der Waals surface area contributed by atoms with Crippen molar-refractivity contribution in [2.45, 2.75) is 13.8 Å². The van der Waals surface area contributed by atoms with Crippen LogP contribution in [0.15, 0.2) is 23.8 Å². The predicted molar refractivity (Wildman–Crippen MR) is 66.9 cm³/mol. The maximum absolute atomic E-state index is 10.8. The number of carbonyl (C=O) groups is 1. The minimum Gasteiger partial charge on any atom is -0.495 e. The maximum Gasteiger partial charge on any atom is 0.146 e. The van der Waals surface area contributed by atoms with Gasteiger partial charge in [-0.1, -0.05) is 31.5 Å². The first kappa shape index (κ1) is 12.8. The van der Waals surface area contributed by atoms with Gasteiger partial charge in [0.25, 0.3) is 0 Å². The zero-order valence-corrected chi connectivity index (χ0v) is 10.4. The molecule has 0 radical (unpaired) electrons. The fraction of sp³-hybridized carbons (Fsp3) is 0.308. The van der Waals surface area contributed by atoms with Crippen molar-refractivity contribution in [3.05, 3.63) is 34.4 Å². The van der Waals surface area contributed by atoms with Crippen LogP contribution in [-0.2, 0) is 4.79 Å². The third-order valence-corrected chi connectivity index (χ3v) is 2.61. The molecule has 0 fully saturated rings. The van der Waals surface area contributed by atoms with Gasteiger partial charge in [0.2, 0.25) is 0 Å². The maximum atomic E-state index is 10.8. The molecule has 0 aliphatic carbocycles. The van der Waals surface area contributed by atoms with E-state index in [9.17, 15) is 4.79 Å². The summed E-state index contributed by atoms with van der Waals surface area (Å²) >= 11 is 5.99. The highest BCUT2D eigenvalue weighted by molar-refractivity contribution is 6.32. The Bertz CT molecular complexity index is 408. The number of hydrogen-bond acceptors (Lipinski definition) is 2. The number of benzene rings is 1. The summed E-state index contributed by atoms with van der Waals surface area (Å²) in [6, 6.07) is 5.44. The largest absolute Gasteiger partial charge is 0.495 e. The summed E-state index contributed by atoms with van der Waals surface area (Å²) in [5.41, 5.74) is 1.66. The van der Waals surface area contributed by atoms with Crippen molar-refractivity contribution in [1.29, 1.82) is 0 Å². The van der Waals surface area contributed by atoms with E-state index >= 15 is 0 Å². The summed E-state index contributed by atoms with van der Waals surface area (Å²) in [6.45, 7) is 3.96. The van der Waals surface area contributed by atoms with Gasteiger partial charge < -0.3 is 4.74 Å². The first-order valence-electron chi connectivity index (χ1n) is 5.08. The van der Waals surface area contributed by atoms with Gasteiger partial charge in [-0.2, -0.15) is 0 Å². The lowest BCUT2D eigenvalue weighted by Crippen LogP contribution is -1.94. The number of carbonyl (C=O) groups excluding carboxylic acids is 1. The molecule has 3 heteroatoms. The first-order chi connectivity index (χ1) is 7.58. The van der Waals surface area contributed by atoms with Crippen LogP contribution in [0.25, 0.3) is 6.08 Å². The predicted octanol–water partition coefficient (Wildman–Crippen LogP) is 3.59. The third kappa shape index (κ3) is 3.11. The van der Waals surface area contributed by atoms with Crippen LogP contribution < -0.4 is 4.74 Å². The SMILES string of the molecule is COc1ccc(C=C(C=O)C(C)C)cc1Cl. The van der Waals surface area contributed by atoms with Crippen molar-refractivity contribution in [3.63, 3.8) is 0 Å². The lowest BCUT2D eigenvalue weighted by molar-refractivity contribution is -0.105. The lowest BCUT2D eigenvalue weighted by atomic mass is 10.0. The monoisotopic (exact) mass is 238 g/mol. The topological polar surface area (TPSA) is 26.3 Å². The van der Waals surface area contributed by atoms with E-state index in [1.807, 2.05) is 26.0 Å². The van der Waals surface area contributed by atoms with Gasteiger partial charge in [0.1, 0.15) is 12.0 Å². The zero-order chi connectivity index (χ0) is 12.1. The number of methoxy groups -OCH3 is 1. The van der Waals surface area contributed by atoms with E-state index in [2.05, 4.69) is 0 Å². The second-order valence-electron chi connectivity index (χ2n) is 3.81. The second kappa shape index (κ2) is 5.71. The molecule has 0 atom stereocenters. The number of allylic oxidation sites excluding steroid dienone is 1. The van der Waals surface area contributed by atoms with E-state index in [-0.39, 0.29) is 5.92 Å². The molecule has 1 aromatic rings. The Morgan fingerprint density at radius 2 is 2.12 bits per heavy atom. The van der Waals surface area contributed by atoms with Crippen molar-refractivity contribution in [2.24, 2.45) is 5.92 Å². The Labute approximate surface area is 101 Å². The molecule has 1 aromatic carbocycles. The van der Waals surface area contributed by atoms with Crippen LogP contribution in [-0.4, -0.2) is 13.4 Å². The lowest BCUT2D eigenvalue weighted by Gasteiger charge is -2.06. The molecule has 2 nitrogen and oxygen atoms in total. The molecule has 0 bridgehead atoms. The van der Waals surface area contributed by atoms with E-state index in [0.29, 0.717) is 10.8 Å². The molecule has 86 valence electrons. The van der Waals surface area contributed by atoms with Crippen LogP contribution in [0.3, 0.4) is 0 Å². The molecule has 0 amide bonds. The average Bonchev–Trinajstić information content (AvgIpc) is 2.25. The van der Waals surface area contributed by atoms with Crippen LogP contribution in [0.5, 0.6) is 5.75 Å². The third-order valence-electron chi connectivity index (χ3n) is 2.31. The summed E-state index contributed by atoms with van der Waals surface area (Å²) < 4.78 is 5.06. The Balaban J connectivity index is 3.06. The molecule has 1 rings (SSSR count). The Morgan fingerprint density at radius 3 is 2.56 bits per heavy atom. The van der Waals surface area contributed by atoms with Crippen molar-refractivity contribution in [1.82, 2.24) is 0 Å². The molecule has 0 aliphatic heterocycles. The standard InChI is InChI=1S/C13H15ClO2/c1-9(2)11(8-15)6-10-4-5-13(16-3)12(14)7-10/h4-9H,1-3H3. The number of aldehydes is 1. The molecule has 0 saturated carbocycles. The van der Waals surface area contributed by atoms with Gasteiger partial charge in [0.15, 0.2) is 0 Å². The highest BCUT2D eigenvalue weighted by Gasteiger charge is 2.04. The normalized spacial score (nSPS) is 11.7. The average molecular weight is 239 g/mol. The van der Waals surface area contributed by atoms with E-state index in [4.69, 9.17) is 16.3 Å². The van der Waals surface area contributed by atoms with Gasteiger partial charge in [-0.25, -0.2) is 0 Å². The molecule has 0 saturated heterocycles. The minimum atomic E-state index is 0.207. The van der Waals surface area contributed by atoms with Crippen molar-refractivity contribution in [3.8, 4) is 5.75 Å². The van der Waals surface area contributed by atoms with Gasteiger partial charge >= 0.3 is 0 Å². The minimum absolute atomic E-state index is 0.207. The van der Waals surface area contributed by atoms with E-state index in [0.717, 1.165) is 17.4 Å². The van der Waals surface area contributed by atoms with Crippen molar-refractivity contribution in [2.75, 3.05) is 7.11 Å². The van der Waals surface area contributed by atoms with Gasteiger partial charge in [0.05, 0.1) is 12.1 Å². The van der Waals surface area contributed by atoms with E-state index in [1.54, 1.807) is 19.2 Å². The number of ether oxygens (including phenoxy) is 1. The molecule has 16 heavy (non-hydrogen) atoms. The van der Waals surface area contributed by atoms with E-state index in [1.165, 1.54) is 0 Å². The highest BCUT2D eigenvalue weighted by atomic mass is 35.5. The van der Waals surface area contributed by atoms with Crippen molar-refractivity contribution < 1.29 is 9.53 Å². The van der Waals surface area contributed by atoms with Gasteiger partial charge in [-0.05, 0) is 35.3 Å². The molecule has 0 N–H and O–H groups in total. The summed E-state index contributed by atoms with van der Waals surface area (Å²) in [7, 11) is 1.57. The quantitative estimate of drug-likeness (QED) is 0.592. The number of hydrogen-bond donors (Lipinski definition) is 0. The van der Waals surface area contributed by atoms with Gasteiger partial charge in [0, 0.05) is 0 Å². The first-order valence-corrected chi connectivity index (χ1v) is 5.46. The molecule has 0 spiro atoms. The Morgan fingerprint density at radius 1 is 1.44 bits per heavy atom. The summed E-state index contributed by atoms with van der Waals surface area (Å²) in [5, 5.41) is 0.547. The summed E-state index contributed by atoms with van der Waals surface area (Å²) in [4.78, 5) is 10.8. The molecule has 0 heterocycles. The molecular weight excluding hydrogens is 224 g/mol. The molecule has 0 aliphatic rings. The van der Waals surface area contributed by atoms with Crippen LogP contribution in [0.4, 0.5) is 0 Å². The second-order valence-corrected chi connectivity index (χ2v) is 4.22. The van der Waals surface area contributed by atoms with Crippen LogP contribution in [0, 0.1) is 5.92 Å². The zero-order valence-electron chi connectivity index (χ0n) is 9.66. The Kier molecular flexibility index (Phi) is 4.56. The van der Waals surface area contributed by atoms with Crippen LogP contribution in [0.1, 0.15) is 19.4 Å². The van der Waals surface area contributed by atoms with Crippen LogP contribution in [0.2, 0.25) is 5.02 Å². The Hall–Kier alpha value is -1.28. The smallest absolute Gasteiger partial charge is 0.146 e.